The van der Waals surface area contributed by atoms with Gasteiger partial charge in [0.1, 0.15) is 12.4 Å². The molecule has 0 aliphatic rings. The van der Waals surface area contributed by atoms with Crippen LogP contribution in [0.4, 0.5) is 0 Å². The summed E-state index contributed by atoms with van der Waals surface area (Å²) in [5.41, 5.74) is 0.0263. The standard InChI is InChI=1S/C12H8Cl2O3S/c13-10-3-1-7(5-9(10)12(15)16)17-6-8-2-4-11(14)18-8/h1-5H,6H2,(H,15,16). The third-order valence-electron chi connectivity index (χ3n) is 2.18. The van der Waals surface area contributed by atoms with Crippen molar-refractivity contribution in [2.75, 3.05) is 0 Å². The van der Waals surface area contributed by atoms with E-state index in [4.69, 9.17) is 33.0 Å². The van der Waals surface area contributed by atoms with Gasteiger partial charge in [0.05, 0.1) is 14.9 Å². The molecule has 94 valence electrons. The Morgan fingerprint density at radius 1 is 1.28 bits per heavy atom. The average molecular weight is 303 g/mol. The largest absolute Gasteiger partial charge is 0.488 e. The van der Waals surface area contributed by atoms with Gasteiger partial charge in [-0.05, 0) is 30.3 Å². The lowest BCUT2D eigenvalue weighted by Crippen LogP contribution is -1.99. The Hall–Kier alpha value is -1.23. The quantitative estimate of drug-likeness (QED) is 0.914. The van der Waals surface area contributed by atoms with E-state index in [-0.39, 0.29) is 10.6 Å². The molecule has 0 fully saturated rings. The number of carboxylic acids is 1. The maximum atomic E-state index is 10.9. The number of thiophene rings is 1. The van der Waals surface area contributed by atoms with E-state index < -0.39 is 5.97 Å². The van der Waals surface area contributed by atoms with Crippen molar-refractivity contribution in [3.63, 3.8) is 0 Å². The minimum absolute atomic E-state index is 0.0263. The number of rotatable bonds is 4. The summed E-state index contributed by atoms with van der Waals surface area (Å²) in [7, 11) is 0. The molecule has 1 N–H and O–H groups in total. The number of aromatic carboxylic acids is 1. The first kappa shape index (κ1) is 13.2. The second-order valence-electron chi connectivity index (χ2n) is 3.44. The molecule has 0 bridgehead atoms. The number of ether oxygens (including phenoxy) is 1. The molecule has 0 aliphatic carbocycles. The Morgan fingerprint density at radius 3 is 2.67 bits per heavy atom. The molecule has 0 radical (unpaired) electrons. The molecule has 1 aromatic heterocycles. The van der Waals surface area contributed by atoms with Crippen molar-refractivity contribution < 1.29 is 14.6 Å². The minimum Gasteiger partial charge on any atom is -0.488 e. The van der Waals surface area contributed by atoms with E-state index >= 15 is 0 Å². The Bertz CT molecular complexity index is 580. The molecule has 3 nitrogen and oxygen atoms in total. The Kier molecular flexibility index (Phi) is 4.11. The highest BCUT2D eigenvalue weighted by Crippen LogP contribution is 2.25. The molecule has 0 saturated heterocycles. The molecule has 0 unspecified atom stereocenters. The third-order valence-corrected chi connectivity index (χ3v) is 3.71. The second-order valence-corrected chi connectivity index (χ2v) is 5.65. The topological polar surface area (TPSA) is 46.5 Å². The van der Waals surface area contributed by atoms with Crippen molar-refractivity contribution in [2.24, 2.45) is 0 Å². The van der Waals surface area contributed by atoms with Gasteiger partial charge >= 0.3 is 5.97 Å². The van der Waals surface area contributed by atoms with E-state index in [1.165, 1.54) is 23.5 Å². The Morgan fingerprint density at radius 2 is 2.06 bits per heavy atom. The predicted molar refractivity (Wildman–Crippen MR) is 72.1 cm³/mol. The maximum absolute atomic E-state index is 10.9. The molecule has 2 aromatic rings. The fraction of sp³-hybridized carbons (Fsp3) is 0.0833. The molecular weight excluding hydrogens is 295 g/mol. The van der Waals surface area contributed by atoms with Gasteiger partial charge in [-0.3, -0.25) is 0 Å². The zero-order valence-corrected chi connectivity index (χ0v) is 11.4. The minimum atomic E-state index is -1.08. The third kappa shape index (κ3) is 3.16. The summed E-state index contributed by atoms with van der Waals surface area (Å²) in [5.74, 6) is -0.619. The van der Waals surface area contributed by atoms with Gasteiger partial charge < -0.3 is 9.84 Å². The number of hydrogen-bond acceptors (Lipinski definition) is 3. The van der Waals surface area contributed by atoms with Gasteiger partial charge in [-0.15, -0.1) is 11.3 Å². The van der Waals surface area contributed by atoms with Gasteiger partial charge in [0, 0.05) is 4.88 Å². The summed E-state index contributed by atoms with van der Waals surface area (Å²) in [6, 6.07) is 8.18. The smallest absolute Gasteiger partial charge is 0.337 e. The SMILES string of the molecule is O=C(O)c1cc(OCc2ccc(Cl)s2)ccc1Cl. The lowest BCUT2D eigenvalue weighted by atomic mass is 10.2. The van der Waals surface area contributed by atoms with Crippen LogP contribution in [0.3, 0.4) is 0 Å². The van der Waals surface area contributed by atoms with Gasteiger partial charge in [0.15, 0.2) is 0 Å². The first-order valence-electron chi connectivity index (χ1n) is 4.96. The molecule has 0 atom stereocenters. The van der Waals surface area contributed by atoms with E-state index in [1.54, 1.807) is 12.1 Å². The van der Waals surface area contributed by atoms with Crippen molar-refractivity contribution in [3.8, 4) is 5.75 Å². The van der Waals surface area contributed by atoms with Crippen LogP contribution in [-0.4, -0.2) is 11.1 Å². The van der Waals surface area contributed by atoms with Crippen LogP contribution in [0.5, 0.6) is 5.75 Å². The molecule has 1 heterocycles. The van der Waals surface area contributed by atoms with E-state index in [1.807, 2.05) is 6.07 Å². The van der Waals surface area contributed by atoms with Gasteiger partial charge in [0.2, 0.25) is 0 Å². The van der Waals surface area contributed by atoms with Crippen LogP contribution in [0.25, 0.3) is 0 Å². The number of halogens is 2. The number of carbonyl (C=O) groups is 1. The first-order chi connectivity index (χ1) is 8.56. The zero-order chi connectivity index (χ0) is 13.1. The molecule has 0 spiro atoms. The van der Waals surface area contributed by atoms with Crippen molar-refractivity contribution >= 4 is 40.5 Å². The van der Waals surface area contributed by atoms with Crippen molar-refractivity contribution in [1.82, 2.24) is 0 Å². The van der Waals surface area contributed by atoms with Crippen molar-refractivity contribution in [3.05, 3.63) is 50.1 Å². The van der Waals surface area contributed by atoms with Crippen molar-refractivity contribution in [2.45, 2.75) is 6.61 Å². The zero-order valence-electron chi connectivity index (χ0n) is 9.02. The molecule has 0 aliphatic heterocycles. The Balaban J connectivity index is 2.10. The summed E-state index contributed by atoms with van der Waals surface area (Å²) in [6.45, 7) is 0.345. The molecule has 6 heteroatoms. The summed E-state index contributed by atoms with van der Waals surface area (Å²) < 4.78 is 6.17. The molecule has 18 heavy (non-hydrogen) atoms. The highest BCUT2D eigenvalue weighted by atomic mass is 35.5. The maximum Gasteiger partial charge on any atom is 0.337 e. The van der Waals surface area contributed by atoms with Crippen LogP contribution in [0.1, 0.15) is 15.2 Å². The monoisotopic (exact) mass is 302 g/mol. The Labute approximate surface area is 118 Å². The predicted octanol–water partition coefficient (Wildman–Crippen LogP) is 4.33. The fourth-order valence-corrected chi connectivity index (χ4v) is 2.54. The highest BCUT2D eigenvalue weighted by molar-refractivity contribution is 7.16. The molecular formula is C12H8Cl2O3S. The van der Waals surface area contributed by atoms with Gasteiger partial charge in [-0.25, -0.2) is 4.79 Å². The van der Waals surface area contributed by atoms with Crippen LogP contribution in [0.15, 0.2) is 30.3 Å². The van der Waals surface area contributed by atoms with E-state index in [9.17, 15) is 4.79 Å². The van der Waals surface area contributed by atoms with E-state index in [2.05, 4.69) is 0 Å². The molecule has 1 aromatic carbocycles. The van der Waals surface area contributed by atoms with Gasteiger partial charge in [0.25, 0.3) is 0 Å². The van der Waals surface area contributed by atoms with Crippen LogP contribution in [0, 0.1) is 0 Å². The summed E-state index contributed by atoms with van der Waals surface area (Å²) in [6.07, 6.45) is 0. The summed E-state index contributed by atoms with van der Waals surface area (Å²) in [5, 5.41) is 9.11. The highest BCUT2D eigenvalue weighted by Gasteiger charge is 2.10. The normalized spacial score (nSPS) is 10.3. The van der Waals surface area contributed by atoms with Crippen LogP contribution >= 0.6 is 34.5 Å². The first-order valence-corrected chi connectivity index (χ1v) is 6.53. The second kappa shape index (κ2) is 5.61. The lowest BCUT2D eigenvalue weighted by molar-refractivity contribution is 0.0696. The van der Waals surface area contributed by atoms with Gasteiger partial charge in [-0.1, -0.05) is 23.2 Å². The average Bonchev–Trinajstić information content (AvgIpc) is 2.74. The molecule has 0 amide bonds. The van der Waals surface area contributed by atoms with Crippen molar-refractivity contribution in [1.29, 1.82) is 0 Å². The summed E-state index contributed by atoms with van der Waals surface area (Å²) in [4.78, 5) is 11.9. The number of hydrogen-bond donors (Lipinski definition) is 1. The lowest BCUT2D eigenvalue weighted by Gasteiger charge is -2.06. The van der Waals surface area contributed by atoms with Crippen LogP contribution < -0.4 is 4.74 Å². The van der Waals surface area contributed by atoms with Crippen LogP contribution in [-0.2, 0) is 6.61 Å². The van der Waals surface area contributed by atoms with Crippen LogP contribution in [0.2, 0.25) is 9.36 Å². The van der Waals surface area contributed by atoms with Gasteiger partial charge in [-0.2, -0.15) is 0 Å². The fourth-order valence-electron chi connectivity index (χ4n) is 1.34. The number of carboxylic acid groups (broad SMARTS) is 1. The van der Waals surface area contributed by atoms with E-state index in [0.717, 1.165) is 4.88 Å². The number of benzene rings is 1. The summed E-state index contributed by atoms with van der Waals surface area (Å²) >= 11 is 13.0. The van der Waals surface area contributed by atoms with E-state index in [0.29, 0.717) is 16.7 Å². The molecule has 0 saturated carbocycles. The molecule has 2 rings (SSSR count).